The maximum Gasteiger partial charge on any atom is 0.0918 e. The van der Waals surface area contributed by atoms with Gasteiger partial charge in [0, 0.05) is 12.5 Å². The van der Waals surface area contributed by atoms with E-state index in [0.29, 0.717) is 0 Å². The first-order valence-corrected chi connectivity index (χ1v) is 5.01. The smallest absolute Gasteiger partial charge is 0.0918 e. The predicted molar refractivity (Wildman–Crippen MR) is 56.9 cm³/mol. The third-order valence-corrected chi connectivity index (χ3v) is 2.87. The third kappa shape index (κ3) is 2.14. The molecule has 2 heteroatoms. The van der Waals surface area contributed by atoms with Gasteiger partial charge in [-0.2, -0.15) is 0 Å². The van der Waals surface area contributed by atoms with Crippen molar-refractivity contribution in [3.8, 4) is 0 Å². The molecule has 0 aliphatic heterocycles. The molecule has 14 heavy (non-hydrogen) atoms. The number of aliphatic hydroxyl groups excluding tert-OH is 1. The number of benzene rings is 1. The molecule has 0 aromatic heterocycles. The summed E-state index contributed by atoms with van der Waals surface area (Å²) in [5, 5.41) is 19.4. The van der Waals surface area contributed by atoms with E-state index in [4.69, 9.17) is 5.11 Å². The highest BCUT2D eigenvalue weighted by Gasteiger charge is 2.31. The molecule has 0 bridgehead atoms. The molecule has 2 nitrogen and oxygen atoms in total. The second-order valence-electron chi connectivity index (χ2n) is 3.80. The second kappa shape index (κ2) is 4.58. The standard InChI is InChI=1S/C12H18O2/c1-3-10(9-13)12(2,14)11-7-5-4-6-8-11/h4-8,10,13-14H,3,9H2,1-2H3/t10-,12+/m1/s1. The predicted octanol–water partition coefficient (Wildman–Crippen LogP) is 1.91. The van der Waals surface area contributed by atoms with Crippen LogP contribution in [0.3, 0.4) is 0 Å². The van der Waals surface area contributed by atoms with Gasteiger partial charge in [-0.1, -0.05) is 37.3 Å². The lowest BCUT2D eigenvalue weighted by atomic mass is 9.82. The van der Waals surface area contributed by atoms with Crippen molar-refractivity contribution in [2.45, 2.75) is 25.9 Å². The molecule has 0 saturated heterocycles. The zero-order chi connectivity index (χ0) is 10.6. The van der Waals surface area contributed by atoms with Crippen molar-refractivity contribution in [3.05, 3.63) is 35.9 Å². The lowest BCUT2D eigenvalue weighted by Gasteiger charge is -2.31. The quantitative estimate of drug-likeness (QED) is 0.768. The van der Waals surface area contributed by atoms with E-state index in [1.807, 2.05) is 37.3 Å². The molecule has 2 atom stereocenters. The molecule has 1 rings (SSSR count). The first-order valence-electron chi connectivity index (χ1n) is 5.01. The van der Waals surface area contributed by atoms with Crippen LogP contribution in [0.25, 0.3) is 0 Å². The van der Waals surface area contributed by atoms with Gasteiger partial charge in [0.15, 0.2) is 0 Å². The normalized spacial score (nSPS) is 17.4. The zero-order valence-corrected chi connectivity index (χ0v) is 8.77. The molecule has 1 aromatic rings. The summed E-state index contributed by atoms with van der Waals surface area (Å²) in [5.41, 5.74) is -0.0778. The highest BCUT2D eigenvalue weighted by Crippen LogP contribution is 2.30. The molecule has 0 spiro atoms. The van der Waals surface area contributed by atoms with Gasteiger partial charge in [-0.15, -0.1) is 0 Å². The average molecular weight is 194 g/mol. The molecule has 0 fully saturated rings. The van der Waals surface area contributed by atoms with Gasteiger partial charge in [0.25, 0.3) is 0 Å². The van der Waals surface area contributed by atoms with E-state index in [0.717, 1.165) is 12.0 Å². The Morgan fingerprint density at radius 1 is 1.29 bits per heavy atom. The molecule has 0 aliphatic rings. The van der Waals surface area contributed by atoms with Crippen molar-refractivity contribution in [3.63, 3.8) is 0 Å². The van der Waals surface area contributed by atoms with Gasteiger partial charge in [0.2, 0.25) is 0 Å². The molecule has 0 unspecified atom stereocenters. The van der Waals surface area contributed by atoms with Crippen LogP contribution >= 0.6 is 0 Å². The molecule has 0 heterocycles. The van der Waals surface area contributed by atoms with Crippen LogP contribution in [0.4, 0.5) is 0 Å². The van der Waals surface area contributed by atoms with Crippen molar-refractivity contribution in [1.82, 2.24) is 0 Å². The minimum Gasteiger partial charge on any atom is -0.396 e. The monoisotopic (exact) mass is 194 g/mol. The Bertz CT molecular complexity index is 263. The highest BCUT2D eigenvalue weighted by molar-refractivity contribution is 5.22. The van der Waals surface area contributed by atoms with Crippen LogP contribution < -0.4 is 0 Å². The number of hydrogen-bond donors (Lipinski definition) is 2. The molecule has 0 aliphatic carbocycles. The molecular weight excluding hydrogens is 176 g/mol. The molecule has 0 saturated carbocycles. The topological polar surface area (TPSA) is 40.5 Å². The fourth-order valence-electron chi connectivity index (χ4n) is 1.72. The Morgan fingerprint density at radius 2 is 1.86 bits per heavy atom. The van der Waals surface area contributed by atoms with E-state index in [1.165, 1.54) is 0 Å². The molecule has 0 amide bonds. The van der Waals surface area contributed by atoms with E-state index in [2.05, 4.69) is 0 Å². The molecule has 0 radical (unpaired) electrons. The maximum absolute atomic E-state index is 10.3. The molecule has 2 N–H and O–H groups in total. The van der Waals surface area contributed by atoms with E-state index < -0.39 is 5.60 Å². The lowest BCUT2D eigenvalue weighted by molar-refractivity contribution is -0.0308. The van der Waals surface area contributed by atoms with E-state index in [9.17, 15) is 5.11 Å². The van der Waals surface area contributed by atoms with E-state index in [1.54, 1.807) is 6.92 Å². The highest BCUT2D eigenvalue weighted by atomic mass is 16.3. The summed E-state index contributed by atoms with van der Waals surface area (Å²) in [5.74, 6) is -0.107. The fourth-order valence-corrected chi connectivity index (χ4v) is 1.72. The summed E-state index contributed by atoms with van der Waals surface area (Å²) in [7, 11) is 0. The van der Waals surface area contributed by atoms with Crippen molar-refractivity contribution in [2.24, 2.45) is 5.92 Å². The van der Waals surface area contributed by atoms with Crippen LogP contribution in [-0.4, -0.2) is 16.8 Å². The summed E-state index contributed by atoms with van der Waals surface area (Å²) in [4.78, 5) is 0. The summed E-state index contributed by atoms with van der Waals surface area (Å²) in [6.07, 6.45) is 0.762. The van der Waals surface area contributed by atoms with E-state index in [-0.39, 0.29) is 12.5 Å². The largest absolute Gasteiger partial charge is 0.396 e. The molecule has 78 valence electrons. The van der Waals surface area contributed by atoms with Crippen LogP contribution in [0.2, 0.25) is 0 Å². The average Bonchev–Trinajstić information content (AvgIpc) is 2.20. The van der Waals surface area contributed by atoms with Crippen molar-refractivity contribution < 1.29 is 10.2 Å². The molecular formula is C12H18O2. The van der Waals surface area contributed by atoms with Crippen molar-refractivity contribution in [2.75, 3.05) is 6.61 Å². The SMILES string of the molecule is CC[C@H](CO)[C@](C)(O)c1ccccc1. The van der Waals surface area contributed by atoms with Crippen molar-refractivity contribution >= 4 is 0 Å². The first-order chi connectivity index (χ1) is 6.62. The fraction of sp³-hybridized carbons (Fsp3) is 0.500. The third-order valence-electron chi connectivity index (χ3n) is 2.87. The Morgan fingerprint density at radius 3 is 2.29 bits per heavy atom. The summed E-state index contributed by atoms with van der Waals surface area (Å²) in [6.45, 7) is 3.74. The van der Waals surface area contributed by atoms with E-state index >= 15 is 0 Å². The summed E-state index contributed by atoms with van der Waals surface area (Å²) < 4.78 is 0. The van der Waals surface area contributed by atoms with Gasteiger partial charge >= 0.3 is 0 Å². The summed E-state index contributed by atoms with van der Waals surface area (Å²) >= 11 is 0. The van der Waals surface area contributed by atoms with Crippen molar-refractivity contribution in [1.29, 1.82) is 0 Å². The van der Waals surface area contributed by atoms with Gasteiger partial charge in [-0.25, -0.2) is 0 Å². The maximum atomic E-state index is 10.3. The minimum absolute atomic E-state index is 0.0123. The number of hydrogen-bond acceptors (Lipinski definition) is 2. The second-order valence-corrected chi connectivity index (χ2v) is 3.80. The Labute approximate surface area is 85.2 Å². The molecule has 1 aromatic carbocycles. The zero-order valence-electron chi connectivity index (χ0n) is 8.77. The Balaban J connectivity index is 2.94. The minimum atomic E-state index is -0.940. The van der Waals surface area contributed by atoms with Gasteiger partial charge < -0.3 is 10.2 Å². The summed E-state index contributed by atoms with van der Waals surface area (Å²) in [6, 6.07) is 9.48. The van der Waals surface area contributed by atoms with Gasteiger partial charge in [0.05, 0.1) is 5.60 Å². The Kier molecular flexibility index (Phi) is 3.67. The van der Waals surface area contributed by atoms with Crippen LogP contribution in [0.5, 0.6) is 0 Å². The van der Waals surface area contributed by atoms with Crippen LogP contribution in [0, 0.1) is 5.92 Å². The van der Waals surface area contributed by atoms with Gasteiger partial charge in [-0.05, 0) is 18.9 Å². The lowest BCUT2D eigenvalue weighted by Crippen LogP contribution is -2.33. The number of aliphatic hydroxyl groups is 2. The van der Waals surface area contributed by atoms with Crippen LogP contribution in [0.15, 0.2) is 30.3 Å². The van der Waals surface area contributed by atoms with Gasteiger partial charge in [-0.3, -0.25) is 0 Å². The van der Waals surface area contributed by atoms with Crippen LogP contribution in [-0.2, 0) is 5.60 Å². The number of rotatable bonds is 4. The first kappa shape index (κ1) is 11.2. The van der Waals surface area contributed by atoms with Crippen LogP contribution in [0.1, 0.15) is 25.8 Å². The van der Waals surface area contributed by atoms with Gasteiger partial charge in [0.1, 0.15) is 0 Å². The Hall–Kier alpha value is -0.860.